The van der Waals surface area contributed by atoms with Gasteiger partial charge in [-0.2, -0.15) is 0 Å². The number of nitrogens with zero attached hydrogens (tertiary/aromatic N) is 1. The fraction of sp³-hybridized carbons (Fsp3) is 0.100. The third kappa shape index (κ3) is 4.43. The van der Waals surface area contributed by atoms with Crippen molar-refractivity contribution in [2.75, 3.05) is 0 Å². The predicted octanol–water partition coefficient (Wildman–Crippen LogP) is 3.59. The van der Waals surface area contributed by atoms with Crippen LogP contribution in [0.5, 0.6) is 5.75 Å². The van der Waals surface area contributed by atoms with E-state index in [0.717, 1.165) is 16.9 Å². The number of amides is 1. The van der Waals surface area contributed by atoms with Crippen LogP contribution in [0.4, 0.5) is 0 Å². The third-order valence-corrected chi connectivity index (χ3v) is 3.57. The lowest BCUT2D eigenvalue weighted by Crippen LogP contribution is -2.22. The Morgan fingerprint density at radius 1 is 0.875 bits per heavy atom. The molecule has 4 nitrogen and oxygen atoms in total. The van der Waals surface area contributed by atoms with Crippen molar-refractivity contribution in [3.8, 4) is 5.75 Å². The van der Waals surface area contributed by atoms with Gasteiger partial charge in [0.1, 0.15) is 12.4 Å². The van der Waals surface area contributed by atoms with Gasteiger partial charge < -0.3 is 10.1 Å². The number of benzene rings is 2. The van der Waals surface area contributed by atoms with Crippen molar-refractivity contribution >= 4 is 5.91 Å². The Morgan fingerprint density at radius 2 is 1.58 bits per heavy atom. The van der Waals surface area contributed by atoms with E-state index in [1.54, 1.807) is 24.5 Å². The molecule has 2 aromatic carbocycles. The minimum absolute atomic E-state index is 0.109. The number of nitrogens with one attached hydrogen (secondary N) is 1. The SMILES string of the molecule is O=C(NCc1ccc(OCc2ccccc2)cc1)c1ccncc1. The summed E-state index contributed by atoms with van der Waals surface area (Å²) in [6.07, 6.45) is 3.21. The fourth-order valence-electron chi connectivity index (χ4n) is 2.23. The van der Waals surface area contributed by atoms with Crippen LogP contribution < -0.4 is 10.1 Å². The molecule has 0 aliphatic heterocycles. The molecule has 0 aliphatic carbocycles. The van der Waals surface area contributed by atoms with Crippen LogP contribution in [0.1, 0.15) is 21.5 Å². The van der Waals surface area contributed by atoms with Crippen LogP contribution in [0.25, 0.3) is 0 Å². The van der Waals surface area contributed by atoms with Gasteiger partial charge in [-0.25, -0.2) is 0 Å². The smallest absolute Gasteiger partial charge is 0.251 e. The van der Waals surface area contributed by atoms with E-state index in [2.05, 4.69) is 10.3 Å². The van der Waals surface area contributed by atoms with Crippen LogP contribution in [-0.4, -0.2) is 10.9 Å². The number of ether oxygens (including phenoxy) is 1. The molecule has 24 heavy (non-hydrogen) atoms. The van der Waals surface area contributed by atoms with Crippen LogP contribution >= 0.6 is 0 Å². The second-order valence-corrected chi connectivity index (χ2v) is 5.34. The molecule has 120 valence electrons. The van der Waals surface area contributed by atoms with Gasteiger partial charge in [0.15, 0.2) is 0 Å². The summed E-state index contributed by atoms with van der Waals surface area (Å²) in [7, 11) is 0. The molecule has 0 aliphatic rings. The number of hydrogen-bond donors (Lipinski definition) is 1. The van der Waals surface area contributed by atoms with E-state index in [4.69, 9.17) is 4.74 Å². The summed E-state index contributed by atoms with van der Waals surface area (Å²) in [5, 5.41) is 2.89. The van der Waals surface area contributed by atoms with Crippen LogP contribution in [0.2, 0.25) is 0 Å². The first-order valence-corrected chi connectivity index (χ1v) is 7.75. The van der Waals surface area contributed by atoms with Gasteiger partial charge in [0.05, 0.1) is 0 Å². The van der Waals surface area contributed by atoms with E-state index in [9.17, 15) is 4.79 Å². The Morgan fingerprint density at radius 3 is 2.29 bits per heavy atom. The number of carbonyl (C=O) groups is 1. The topological polar surface area (TPSA) is 51.2 Å². The van der Waals surface area contributed by atoms with Gasteiger partial charge in [-0.1, -0.05) is 42.5 Å². The van der Waals surface area contributed by atoms with Gasteiger partial charge in [-0.15, -0.1) is 0 Å². The van der Waals surface area contributed by atoms with E-state index in [-0.39, 0.29) is 5.91 Å². The molecule has 1 amide bonds. The van der Waals surface area contributed by atoms with Gasteiger partial charge in [0.25, 0.3) is 5.91 Å². The molecular formula is C20H18N2O2. The minimum Gasteiger partial charge on any atom is -0.489 e. The maximum Gasteiger partial charge on any atom is 0.251 e. The first-order chi connectivity index (χ1) is 11.8. The highest BCUT2D eigenvalue weighted by Crippen LogP contribution is 2.14. The maximum atomic E-state index is 12.0. The van der Waals surface area contributed by atoms with Crippen LogP contribution in [-0.2, 0) is 13.2 Å². The fourth-order valence-corrected chi connectivity index (χ4v) is 2.23. The van der Waals surface area contributed by atoms with Crippen molar-refractivity contribution in [2.24, 2.45) is 0 Å². The van der Waals surface area contributed by atoms with E-state index in [1.165, 1.54) is 0 Å². The molecule has 1 heterocycles. The zero-order valence-corrected chi connectivity index (χ0v) is 13.2. The first kappa shape index (κ1) is 15.7. The Hall–Kier alpha value is -3.14. The molecule has 3 aromatic rings. The summed E-state index contributed by atoms with van der Waals surface area (Å²) in [6.45, 7) is 1.01. The molecule has 0 spiro atoms. The van der Waals surface area contributed by atoms with Gasteiger partial charge >= 0.3 is 0 Å². The molecule has 1 N–H and O–H groups in total. The number of hydrogen-bond acceptors (Lipinski definition) is 3. The molecule has 0 bridgehead atoms. The lowest BCUT2D eigenvalue weighted by atomic mass is 10.2. The summed E-state index contributed by atoms with van der Waals surface area (Å²) in [4.78, 5) is 15.9. The van der Waals surface area contributed by atoms with E-state index < -0.39 is 0 Å². The largest absolute Gasteiger partial charge is 0.489 e. The molecule has 0 radical (unpaired) electrons. The molecule has 0 unspecified atom stereocenters. The number of aromatic nitrogens is 1. The highest BCUT2D eigenvalue weighted by molar-refractivity contribution is 5.93. The van der Waals surface area contributed by atoms with E-state index in [0.29, 0.717) is 18.7 Å². The predicted molar refractivity (Wildman–Crippen MR) is 92.6 cm³/mol. The summed E-state index contributed by atoms with van der Waals surface area (Å²) in [5.41, 5.74) is 2.75. The highest BCUT2D eigenvalue weighted by atomic mass is 16.5. The summed E-state index contributed by atoms with van der Waals surface area (Å²) < 4.78 is 5.75. The zero-order chi connectivity index (χ0) is 16.6. The first-order valence-electron chi connectivity index (χ1n) is 7.75. The second-order valence-electron chi connectivity index (χ2n) is 5.34. The van der Waals surface area contributed by atoms with E-state index in [1.807, 2.05) is 54.6 Å². The molecule has 1 aromatic heterocycles. The normalized spacial score (nSPS) is 10.2. The van der Waals surface area contributed by atoms with E-state index >= 15 is 0 Å². The molecule has 4 heteroatoms. The standard InChI is InChI=1S/C20H18N2O2/c23-20(18-10-12-21-13-11-18)22-14-16-6-8-19(9-7-16)24-15-17-4-2-1-3-5-17/h1-13H,14-15H2,(H,22,23). The quantitative estimate of drug-likeness (QED) is 0.755. The average Bonchev–Trinajstić information content (AvgIpc) is 2.67. The Labute approximate surface area is 141 Å². The maximum absolute atomic E-state index is 12.0. The number of rotatable bonds is 6. The van der Waals surface area contributed by atoms with Crippen molar-refractivity contribution in [3.05, 3.63) is 95.8 Å². The van der Waals surface area contributed by atoms with Crippen molar-refractivity contribution in [3.63, 3.8) is 0 Å². The molecule has 3 rings (SSSR count). The van der Waals surface area contributed by atoms with Crippen LogP contribution in [0.3, 0.4) is 0 Å². The van der Waals surface area contributed by atoms with Crippen LogP contribution in [0.15, 0.2) is 79.1 Å². The zero-order valence-electron chi connectivity index (χ0n) is 13.2. The van der Waals surface area contributed by atoms with Crippen molar-refractivity contribution in [2.45, 2.75) is 13.2 Å². The van der Waals surface area contributed by atoms with Gasteiger partial charge in [0, 0.05) is 24.5 Å². The van der Waals surface area contributed by atoms with Crippen molar-refractivity contribution in [1.82, 2.24) is 10.3 Å². The monoisotopic (exact) mass is 318 g/mol. The van der Waals surface area contributed by atoms with Crippen molar-refractivity contribution in [1.29, 1.82) is 0 Å². The molecule has 0 saturated carbocycles. The average molecular weight is 318 g/mol. The molecule has 0 saturated heterocycles. The second kappa shape index (κ2) is 7.92. The Bertz CT molecular complexity index is 772. The summed E-state index contributed by atoms with van der Waals surface area (Å²) in [5.74, 6) is 0.699. The van der Waals surface area contributed by atoms with Gasteiger partial charge in [0.2, 0.25) is 0 Å². The summed E-state index contributed by atoms with van der Waals surface area (Å²) in [6, 6.07) is 21.1. The third-order valence-electron chi connectivity index (χ3n) is 3.57. The molecule has 0 atom stereocenters. The number of carbonyl (C=O) groups excluding carboxylic acids is 1. The highest BCUT2D eigenvalue weighted by Gasteiger charge is 2.04. The lowest BCUT2D eigenvalue weighted by molar-refractivity contribution is 0.0951. The Balaban J connectivity index is 1.50. The Kier molecular flexibility index (Phi) is 5.20. The van der Waals surface area contributed by atoms with Crippen molar-refractivity contribution < 1.29 is 9.53 Å². The lowest BCUT2D eigenvalue weighted by Gasteiger charge is -2.08. The minimum atomic E-state index is -0.109. The van der Waals surface area contributed by atoms with Gasteiger partial charge in [-0.05, 0) is 35.4 Å². The van der Waals surface area contributed by atoms with Gasteiger partial charge in [-0.3, -0.25) is 9.78 Å². The summed E-state index contributed by atoms with van der Waals surface area (Å²) >= 11 is 0. The molecule has 0 fully saturated rings. The van der Waals surface area contributed by atoms with Crippen LogP contribution in [0, 0.1) is 0 Å². The number of pyridine rings is 1. The molecular weight excluding hydrogens is 300 g/mol.